The Morgan fingerprint density at radius 1 is 1.47 bits per heavy atom. The Morgan fingerprint density at radius 3 is 2.53 bits per heavy atom. The maximum absolute atomic E-state index is 5.86. The zero-order valence-electron chi connectivity index (χ0n) is 9.30. The van der Waals surface area contributed by atoms with Gasteiger partial charge in [0.2, 0.25) is 0 Å². The molecular formula is C11H16BrClN2. The van der Waals surface area contributed by atoms with Crippen LogP contribution in [0.5, 0.6) is 0 Å². The van der Waals surface area contributed by atoms with Gasteiger partial charge in [0.15, 0.2) is 0 Å². The van der Waals surface area contributed by atoms with Crippen molar-refractivity contribution in [3.8, 4) is 0 Å². The van der Waals surface area contributed by atoms with Gasteiger partial charge in [0.25, 0.3) is 0 Å². The molecule has 1 aromatic rings. The maximum atomic E-state index is 5.86. The minimum Gasteiger partial charge on any atom is -0.356 e. The number of hydrogen-bond donors (Lipinski definition) is 0. The van der Waals surface area contributed by atoms with Crippen molar-refractivity contribution in [3.05, 3.63) is 21.8 Å². The van der Waals surface area contributed by atoms with Gasteiger partial charge in [-0.15, -0.1) is 0 Å². The van der Waals surface area contributed by atoms with Crippen molar-refractivity contribution in [2.24, 2.45) is 0 Å². The SMILES string of the molecule is CCC(CC)N(C)c1ncc(Cl)cc1Br. The van der Waals surface area contributed by atoms with Crippen molar-refractivity contribution >= 4 is 33.3 Å². The fraction of sp³-hybridized carbons (Fsp3) is 0.545. The second kappa shape index (κ2) is 5.71. The largest absolute Gasteiger partial charge is 0.356 e. The van der Waals surface area contributed by atoms with Gasteiger partial charge in [-0.1, -0.05) is 25.4 Å². The van der Waals surface area contributed by atoms with Gasteiger partial charge in [-0.05, 0) is 34.8 Å². The molecule has 0 spiro atoms. The molecule has 0 amide bonds. The van der Waals surface area contributed by atoms with Gasteiger partial charge in [0.1, 0.15) is 5.82 Å². The Labute approximate surface area is 105 Å². The van der Waals surface area contributed by atoms with E-state index in [0.717, 1.165) is 23.1 Å². The van der Waals surface area contributed by atoms with Crippen molar-refractivity contribution < 1.29 is 0 Å². The smallest absolute Gasteiger partial charge is 0.142 e. The Bertz CT molecular complexity index is 326. The van der Waals surface area contributed by atoms with E-state index in [0.29, 0.717) is 11.1 Å². The van der Waals surface area contributed by atoms with Crippen molar-refractivity contribution in [3.63, 3.8) is 0 Å². The molecule has 1 aromatic heterocycles. The number of nitrogens with zero attached hydrogens (tertiary/aromatic N) is 2. The lowest BCUT2D eigenvalue weighted by Gasteiger charge is -2.28. The summed E-state index contributed by atoms with van der Waals surface area (Å²) >= 11 is 9.34. The van der Waals surface area contributed by atoms with E-state index in [1.165, 1.54) is 0 Å². The van der Waals surface area contributed by atoms with Crippen LogP contribution in [0.4, 0.5) is 5.82 Å². The summed E-state index contributed by atoms with van der Waals surface area (Å²) in [6.45, 7) is 4.38. The van der Waals surface area contributed by atoms with E-state index in [2.05, 4.69) is 46.7 Å². The molecule has 0 saturated carbocycles. The lowest BCUT2D eigenvalue weighted by Crippen LogP contribution is -2.31. The monoisotopic (exact) mass is 290 g/mol. The number of aromatic nitrogens is 1. The van der Waals surface area contributed by atoms with Crippen LogP contribution in [-0.2, 0) is 0 Å². The average Bonchev–Trinajstić information content (AvgIpc) is 2.19. The molecule has 0 atom stereocenters. The van der Waals surface area contributed by atoms with Gasteiger partial charge >= 0.3 is 0 Å². The van der Waals surface area contributed by atoms with E-state index in [9.17, 15) is 0 Å². The number of rotatable bonds is 4. The Balaban J connectivity index is 2.94. The van der Waals surface area contributed by atoms with Gasteiger partial charge in [-0.3, -0.25) is 0 Å². The number of pyridine rings is 1. The second-order valence-corrected chi connectivity index (χ2v) is 4.83. The summed E-state index contributed by atoms with van der Waals surface area (Å²) in [5.41, 5.74) is 0. The highest BCUT2D eigenvalue weighted by Gasteiger charge is 2.14. The van der Waals surface area contributed by atoms with E-state index in [1.807, 2.05) is 6.07 Å². The standard InChI is InChI=1S/C11H16BrClN2/c1-4-9(5-2)15(3)11-10(12)6-8(13)7-14-11/h6-7,9H,4-5H2,1-3H3. The topological polar surface area (TPSA) is 16.1 Å². The molecule has 0 saturated heterocycles. The summed E-state index contributed by atoms with van der Waals surface area (Å²) in [5, 5.41) is 0.656. The normalized spacial score (nSPS) is 10.8. The first-order valence-corrected chi connectivity index (χ1v) is 6.31. The van der Waals surface area contributed by atoms with Crippen LogP contribution in [0.15, 0.2) is 16.7 Å². The highest BCUT2D eigenvalue weighted by Crippen LogP contribution is 2.27. The van der Waals surface area contributed by atoms with Crippen LogP contribution in [0.3, 0.4) is 0 Å². The van der Waals surface area contributed by atoms with Crippen LogP contribution in [0, 0.1) is 0 Å². The molecule has 0 unspecified atom stereocenters. The first kappa shape index (κ1) is 12.8. The summed E-state index contributed by atoms with van der Waals surface area (Å²) < 4.78 is 0.949. The first-order valence-electron chi connectivity index (χ1n) is 5.14. The fourth-order valence-electron chi connectivity index (χ4n) is 1.68. The Hall–Kier alpha value is -0.280. The molecule has 0 aromatic carbocycles. The molecule has 0 N–H and O–H groups in total. The molecule has 4 heteroatoms. The molecule has 0 aliphatic rings. The Morgan fingerprint density at radius 2 is 2.07 bits per heavy atom. The minimum atomic E-state index is 0.523. The molecule has 1 rings (SSSR count). The molecule has 84 valence electrons. The third-order valence-electron chi connectivity index (χ3n) is 2.61. The van der Waals surface area contributed by atoms with Crippen molar-refractivity contribution in [1.29, 1.82) is 0 Å². The van der Waals surface area contributed by atoms with Crippen LogP contribution in [-0.4, -0.2) is 18.1 Å². The summed E-state index contributed by atoms with van der Waals surface area (Å²) in [4.78, 5) is 6.54. The second-order valence-electron chi connectivity index (χ2n) is 3.54. The highest BCUT2D eigenvalue weighted by atomic mass is 79.9. The quantitative estimate of drug-likeness (QED) is 0.829. The molecule has 0 bridgehead atoms. The predicted molar refractivity (Wildman–Crippen MR) is 69.7 cm³/mol. The Kier molecular flexibility index (Phi) is 4.87. The zero-order valence-corrected chi connectivity index (χ0v) is 11.6. The van der Waals surface area contributed by atoms with E-state index in [1.54, 1.807) is 6.20 Å². The van der Waals surface area contributed by atoms with Gasteiger partial charge in [-0.2, -0.15) is 0 Å². The molecule has 0 fully saturated rings. The molecule has 0 aliphatic heterocycles. The predicted octanol–water partition coefficient (Wildman–Crippen LogP) is 4.12. The molecule has 0 radical (unpaired) electrons. The molecular weight excluding hydrogens is 275 g/mol. The summed E-state index contributed by atoms with van der Waals surface area (Å²) in [5.74, 6) is 0.952. The lowest BCUT2D eigenvalue weighted by atomic mass is 10.1. The fourth-order valence-corrected chi connectivity index (χ4v) is 2.59. The lowest BCUT2D eigenvalue weighted by molar-refractivity contribution is 0.586. The molecule has 2 nitrogen and oxygen atoms in total. The maximum Gasteiger partial charge on any atom is 0.142 e. The molecule has 15 heavy (non-hydrogen) atoms. The zero-order chi connectivity index (χ0) is 11.4. The summed E-state index contributed by atoms with van der Waals surface area (Å²) in [6, 6.07) is 2.40. The third-order valence-corrected chi connectivity index (χ3v) is 3.40. The van der Waals surface area contributed by atoms with Gasteiger partial charge in [0.05, 0.1) is 9.50 Å². The number of anilines is 1. The van der Waals surface area contributed by atoms with Crippen LogP contribution in [0.2, 0.25) is 5.02 Å². The summed E-state index contributed by atoms with van der Waals surface area (Å²) in [7, 11) is 2.07. The first-order chi connectivity index (χ1) is 7.10. The molecule has 0 aliphatic carbocycles. The van der Waals surface area contributed by atoms with Gasteiger partial charge in [0, 0.05) is 19.3 Å². The average molecular weight is 292 g/mol. The minimum absolute atomic E-state index is 0.523. The summed E-state index contributed by atoms with van der Waals surface area (Å²) in [6.07, 6.45) is 3.91. The van der Waals surface area contributed by atoms with Crippen molar-refractivity contribution in [1.82, 2.24) is 4.98 Å². The van der Waals surface area contributed by atoms with Crippen molar-refractivity contribution in [2.45, 2.75) is 32.7 Å². The van der Waals surface area contributed by atoms with Crippen molar-refractivity contribution in [2.75, 3.05) is 11.9 Å². The van der Waals surface area contributed by atoms with E-state index in [-0.39, 0.29) is 0 Å². The van der Waals surface area contributed by atoms with Gasteiger partial charge in [-0.25, -0.2) is 4.98 Å². The van der Waals surface area contributed by atoms with Crippen LogP contribution in [0.1, 0.15) is 26.7 Å². The van der Waals surface area contributed by atoms with E-state index in [4.69, 9.17) is 11.6 Å². The molecule has 1 heterocycles. The van der Waals surface area contributed by atoms with E-state index >= 15 is 0 Å². The van der Waals surface area contributed by atoms with Crippen LogP contribution >= 0.6 is 27.5 Å². The third kappa shape index (κ3) is 3.08. The van der Waals surface area contributed by atoms with Crippen LogP contribution < -0.4 is 4.90 Å². The van der Waals surface area contributed by atoms with E-state index < -0.39 is 0 Å². The number of hydrogen-bond acceptors (Lipinski definition) is 2. The van der Waals surface area contributed by atoms with Gasteiger partial charge < -0.3 is 4.90 Å². The highest BCUT2D eigenvalue weighted by molar-refractivity contribution is 9.10. The number of halogens is 2. The van der Waals surface area contributed by atoms with Crippen LogP contribution in [0.25, 0.3) is 0 Å².